The van der Waals surface area contributed by atoms with Gasteiger partial charge in [0.1, 0.15) is 12.4 Å². The van der Waals surface area contributed by atoms with Crippen molar-refractivity contribution >= 4 is 11.9 Å². The van der Waals surface area contributed by atoms with Crippen LogP contribution in [0.3, 0.4) is 0 Å². The zero-order valence-electron chi connectivity index (χ0n) is 19.6. The van der Waals surface area contributed by atoms with E-state index < -0.39 is 0 Å². The van der Waals surface area contributed by atoms with Crippen molar-refractivity contribution < 1.29 is 19.1 Å². The molecule has 0 aliphatic carbocycles. The predicted molar refractivity (Wildman–Crippen MR) is 131 cm³/mol. The predicted octanol–water partition coefficient (Wildman–Crippen LogP) is 4.16. The molecule has 0 radical (unpaired) electrons. The third kappa shape index (κ3) is 5.64. The van der Waals surface area contributed by atoms with Crippen LogP contribution in [0.5, 0.6) is 5.75 Å². The molecule has 6 nitrogen and oxygen atoms in total. The fraction of sp³-hybridized carbons (Fsp3) is 0.286. The summed E-state index contributed by atoms with van der Waals surface area (Å²) in [5, 5.41) is 3.16. The second kappa shape index (κ2) is 11.0. The summed E-state index contributed by atoms with van der Waals surface area (Å²) in [5.41, 5.74) is 3.87. The number of carbonyl (C=O) groups excluding carboxylic acids is 2. The summed E-state index contributed by atoms with van der Waals surface area (Å²) in [5.74, 6) is 0.432. The fourth-order valence-electron chi connectivity index (χ4n) is 4.29. The molecule has 6 heteroatoms. The van der Waals surface area contributed by atoms with Crippen molar-refractivity contribution in [3.63, 3.8) is 0 Å². The molecule has 0 unspecified atom stereocenters. The molecule has 34 heavy (non-hydrogen) atoms. The van der Waals surface area contributed by atoms with Crippen LogP contribution in [0.15, 0.2) is 78.9 Å². The minimum Gasteiger partial charge on any atom is -0.492 e. The first-order valence-electron chi connectivity index (χ1n) is 11.5. The number of methoxy groups -OCH3 is 1. The van der Waals surface area contributed by atoms with E-state index in [-0.39, 0.29) is 24.0 Å². The maximum atomic E-state index is 13.4. The maximum Gasteiger partial charge on any atom is 0.337 e. The van der Waals surface area contributed by atoms with Gasteiger partial charge in [0.15, 0.2) is 0 Å². The number of amides is 1. The van der Waals surface area contributed by atoms with E-state index in [4.69, 9.17) is 9.47 Å². The molecule has 3 aromatic rings. The smallest absolute Gasteiger partial charge is 0.337 e. The number of para-hydroxylation sites is 1. The van der Waals surface area contributed by atoms with Crippen LogP contribution < -0.4 is 10.1 Å². The lowest BCUT2D eigenvalue weighted by molar-refractivity contribution is -0.127. The molecule has 3 aromatic carbocycles. The Morgan fingerprint density at radius 3 is 2.35 bits per heavy atom. The normalized spacial score (nSPS) is 16.2. The molecule has 1 aliphatic heterocycles. The molecule has 1 N–H and O–H groups in total. The quantitative estimate of drug-likeness (QED) is 0.514. The van der Waals surface area contributed by atoms with Crippen LogP contribution in [-0.2, 0) is 22.5 Å². The summed E-state index contributed by atoms with van der Waals surface area (Å²) in [6.45, 7) is 3.79. The van der Waals surface area contributed by atoms with E-state index in [1.54, 1.807) is 12.1 Å². The molecule has 2 atom stereocenters. The number of carbonyl (C=O) groups is 2. The Hall–Kier alpha value is -3.64. The Morgan fingerprint density at radius 1 is 0.971 bits per heavy atom. The molecular weight excluding hydrogens is 428 g/mol. The number of esters is 1. The first kappa shape index (κ1) is 23.5. The first-order valence-corrected chi connectivity index (χ1v) is 11.5. The van der Waals surface area contributed by atoms with E-state index in [9.17, 15) is 9.59 Å². The minimum absolute atomic E-state index is 0.0150. The van der Waals surface area contributed by atoms with Crippen molar-refractivity contribution in [3.05, 3.63) is 101 Å². The zero-order valence-corrected chi connectivity index (χ0v) is 19.6. The number of ether oxygens (including phenoxy) is 2. The van der Waals surface area contributed by atoms with Crippen molar-refractivity contribution in [3.8, 4) is 5.75 Å². The molecule has 1 amide bonds. The number of benzene rings is 3. The van der Waals surface area contributed by atoms with E-state index >= 15 is 0 Å². The molecule has 4 rings (SSSR count). The maximum absolute atomic E-state index is 13.4. The monoisotopic (exact) mass is 458 g/mol. The first-order chi connectivity index (χ1) is 16.5. The van der Waals surface area contributed by atoms with Gasteiger partial charge in [-0.3, -0.25) is 9.69 Å². The summed E-state index contributed by atoms with van der Waals surface area (Å²) >= 11 is 0. The van der Waals surface area contributed by atoms with Gasteiger partial charge in [0.2, 0.25) is 5.91 Å². The van der Waals surface area contributed by atoms with Gasteiger partial charge in [-0.05, 0) is 54.3 Å². The molecule has 1 aliphatic rings. The highest BCUT2D eigenvalue weighted by Crippen LogP contribution is 2.24. The Kier molecular flexibility index (Phi) is 7.60. The van der Waals surface area contributed by atoms with Crippen molar-refractivity contribution in [2.24, 2.45) is 0 Å². The molecule has 0 bridgehead atoms. The Balaban J connectivity index is 1.43. The van der Waals surface area contributed by atoms with E-state index in [2.05, 4.69) is 22.3 Å². The zero-order chi connectivity index (χ0) is 23.9. The molecule has 0 saturated heterocycles. The van der Waals surface area contributed by atoms with Gasteiger partial charge < -0.3 is 14.8 Å². The Morgan fingerprint density at radius 2 is 1.65 bits per heavy atom. The minimum atomic E-state index is -0.377. The fourth-order valence-corrected chi connectivity index (χ4v) is 4.29. The molecule has 0 aromatic heterocycles. The van der Waals surface area contributed by atoms with Gasteiger partial charge in [0.05, 0.1) is 24.8 Å². The summed E-state index contributed by atoms with van der Waals surface area (Å²) in [6.07, 6.45) is 0.654. The molecule has 1 heterocycles. The standard InChI is InChI=1S/C28H30N2O4/c1-20(21-12-14-22(15-13-21)28(32)33-2)29-27(31)26-18-23-8-6-7-9-24(23)19-30(26)16-17-34-25-10-4-3-5-11-25/h3-15,20,26H,16-19H2,1-2H3,(H,29,31)/t20-,26+/m0/s1. The third-order valence-corrected chi connectivity index (χ3v) is 6.23. The highest BCUT2D eigenvalue weighted by atomic mass is 16.5. The van der Waals surface area contributed by atoms with Gasteiger partial charge in [-0.2, -0.15) is 0 Å². The van der Waals surface area contributed by atoms with Crippen molar-refractivity contribution in [2.45, 2.75) is 32.0 Å². The van der Waals surface area contributed by atoms with E-state index in [0.717, 1.165) is 11.3 Å². The van der Waals surface area contributed by atoms with Gasteiger partial charge in [0.25, 0.3) is 0 Å². The third-order valence-electron chi connectivity index (χ3n) is 6.23. The second-order valence-electron chi connectivity index (χ2n) is 8.46. The number of hydrogen-bond donors (Lipinski definition) is 1. The van der Waals surface area contributed by atoms with Crippen LogP contribution >= 0.6 is 0 Å². The van der Waals surface area contributed by atoms with Crippen LogP contribution in [-0.4, -0.2) is 43.1 Å². The van der Waals surface area contributed by atoms with E-state index in [0.29, 0.717) is 31.7 Å². The highest BCUT2D eigenvalue weighted by molar-refractivity contribution is 5.89. The molecular formula is C28H30N2O4. The van der Waals surface area contributed by atoms with Crippen LogP contribution in [0, 0.1) is 0 Å². The summed E-state index contributed by atoms with van der Waals surface area (Å²) in [6, 6.07) is 24.6. The second-order valence-corrected chi connectivity index (χ2v) is 8.46. The number of hydrogen-bond acceptors (Lipinski definition) is 5. The number of fused-ring (bicyclic) bond motifs is 1. The molecule has 0 fully saturated rings. The van der Waals surface area contributed by atoms with E-state index in [1.165, 1.54) is 18.2 Å². The Bertz CT molecular complexity index is 1110. The summed E-state index contributed by atoms with van der Waals surface area (Å²) in [4.78, 5) is 27.3. The molecule has 0 spiro atoms. The summed E-state index contributed by atoms with van der Waals surface area (Å²) in [7, 11) is 1.36. The SMILES string of the molecule is COC(=O)c1ccc([C@H](C)NC(=O)[C@H]2Cc3ccccc3CN2CCOc2ccccc2)cc1. The molecule has 176 valence electrons. The van der Waals surface area contributed by atoms with Crippen molar-refractivity contribution in [2.75, 3.05) is 20.3 Å². The van der Waals surface area contributed by atoms with Crippen LogP contribution in [0.25, 0.3) is 0 Å². The van der Waals surface area contributed by atoms with Gasteiger partial charge >= 0.3 is 5.97 Å². The topological polar surface area (TPSA) is 67.9 Å². The van der Waals surface area contributed by atoms with Gasteiger partial charge in [-0.1, -0.05) is 54.6 Å². The van der Waals surface area contributed by atoms with Crippen LogP contribution in [0.1, 0.15) is 40.0 Å². The number of rotatable bonds is 8. The van der Waals surface area contributed by atoms with Crippen molar-refractivity contribution in [1.82, 2.24) is 10.2 Å². The van der Waals surface area contributed by atoms with Gasteiger partial charge in [0, 0.05) is 13.1 Å². The van der Waals surface area contributed by atoms with Crippen LogP contribution in [0.2, 0.25) is 0 Å². The largest absolute Gasteiger partial charge is 0.492 e. The Labute approximate surface area is 200 Å². The number of nitrogens with zero attached hydrogens (tertiary/aromatic N) is 1. The van der Waals surface area contributed by atoms with Gasteiger partial charge in [-0.15, -0.1) is 0 Å². The summed E-state index contributed by atoms with van der Waals surface area (Å²) < 4.78 is 10.7. The lowest BCUT2D eigenvalue weighted by atomic mass is 9.93. The lowest BCUT2D eigenvalue weighted by Gasteiger charge is -2.36. The average Bonchev–Trinajstić information content (AvgIpc) is 2.88. The average molecular weight is 459 g/mol. The van der Waals surface area contributed by atoms with Crippen molar-refractivity contribution in [1.29, 1.82) is 0 Å². The van der Waals surface area contributed by atoms with Crippen LogP contribution in [0.4, 0.5) is 0 Å². The lowest BCUT2D eigenvalue weighted by Crippen LogP contribution is -2.51. The van der Waals surface area contributed by atoms with Gasteiger partial charge in [-0.25, -0.2) is 4.79 Å². The number of nitrogens with one attached hydrogen (secondary N) is 1. The highest BCUT2D eigenvalue weighted by Gasteiger charge is 2.32. The molecule has 0 saturated carbocycles. The van der Waals surface area contributed by atoms with E-state index in [1.807, 2.05) is 61.5 Å².